The van der Waals surface area contributed by atoms with E-state index in [1.165, 1.54) is 11.0 Å². The van der Waals surface area contributed by atoms with Crippen LogP contribution in [0.3, 0.4) is 0 Å². The van der Waals surface area contributed by atoms with Gasteiger partial charge in [0.15, 0.2) is 11.6 Å². The van der Waals surface area contributed by atoms with E-state index in [0.717, 1.165) is 17.7 Å². The Balaban J connectivity index is 2.10. The van der Waals surface area contributed by atoms with E-state index in [-0.39, 0.29) is 18.4 Å². The molecular formula is C18H19F2NO2. The van der Waals surface area contributed by atoms with Crippen molar-refractivity contribution < 1.29 is 18.3 Å². The minimum Gasteiger partial charge on any atom is -0.497 e. The summed E-state index contributed by atoms with van der Waals surface area (Å²) in [6.07, 6.45) is 0.210. The van der Waals surface area contributed by atoms with Gasteiger partial charge in [-0.1, -0.05) is 18.2 Å². The predicted molar refractivity (Wildman–Crippen MR) is 84.2 cm³/mol. The summed E-state index contributed by atoms with van der Waals surface area (Å²) in [7, 11) is 3.21. The molecule has 1 amide bonds. The van der Waals surface area contributed by atoms with E-state index < -0.39 is 11.6 Å². The van der Waals surface area contributed by atoms with E-state index in [2.05, 4.69) is 0 Å². The number of hydrogen-bond acceptors (Lipinski definition) is 2. The predicted octanol–water partition coefficient (Wildman–Crippen LogP) is 3.74. The number of carbonyl (C=O) groups excluding carboxylic acids is 1. The van der Waals surface area contributed by atoms with Gasteiger partial charge in [-0.15, -0.1) is 0 Å². The van der Waals surface area contributed by atoms with Crippen LogP contribution in [-0.2, 0) is 11.2 Å². The number of amides is 1. The maximum absolute atomic E-state index is 13.3. The first-order valence-electron chi connectivity index (χ1n) is 7.26. The maximum Gasteiger partial charge on any atom is 0.227 e. The van der Waals surface area contributed by atoms with Crippen molar-refractivity contribution in [2.75, 3.05) is 14.2 Å². The fourth-order valence-electron chi connectivity index (χ4n) is 2.29. The molecule has 122 valence electrons. The third-order valence-electron chi connectivity index (χ3n) is 3.89. The summed E-state index contributed by atoms with van der Waals surface area (Å²) in [4.78, 5) is 13.9. The molecule has 0 heterocycles. The molecule has 3 nitrogen and oxygen atoms in total. The largest absolute Gasteiger partial charge is 0.497 e. The molecular weight excluding hydrogens is 300 g/mol. The van der Waals surface area contributed by atoms with Crippen molar-refractivity contribution in [1.82, 2.24) is 4.90 Å². The van der Waals surface area contributed by atoms with Gasteiger partial charge < -0.3 is 9.64 Å². The van der Waals surface area contributed by atoms with Crippen LogP contribution in [0.5, 0.6) is 5.75 Å². The van der Waals surface area contributed by atoms with Crippen molar-refractivity contribution in [1.29, 1.82) is 0 Å². The summed E-state index contributed by atoms with van der Waals surface area (Å²) in [6, 6.07) is 10.6. The first kappa shape index (κ1) is 16.9. The zero-order chi connectivity index (χ0) is 17.0. The van der Waals surface area contributed by atoms with Gasteiger partial charge in [-0.3, -0.25) is 4.79 Å². The molecule has 2 aromatic rings. The maximum atomic E-state index is 13.3. The Morgan fingerprint density at radius 3 is 2.57 bits per heavy atom. The van der Waals surface area contributed by atoms with E-state index in [4.69, 9.17) is 4.74 Å². The Kier molecular flexibility index (Phi) is 5.32. The Morgan fingerprint density at radius 1 is 1.17 bits per heavy atom. The molecule has 1 atom stereocenters. The van der Waals surface area contributed by atoms with E-state index in [1.807, 2.05) is 18.2 Å². The quantitative estimate of drug-likeness (QED) is 0.840. The second-order valence-electron chi connectivity index (χ2n) is 5.38. The number of hydrogen-bond donors (Lipinski definition) is 0. The second-order valence-corrected chi connectivity index (χ2v) is 5.38. The minimum atomic E-state index is -0.914. The van der Waals surface area contributed by atoms with Gasteiger partial charge in [0.25, 0.3) is 0 Å². The smallest absolute Gasteiger partial charge is 0.227 e. The van der Waals surface area contributed by atoms with Gasteiger partial charge in [0.05, 0.1) is 19.6 Å². The summed E-state index contributed by atoms with van der Waals surface area (Å²) in [6.45, 7) is 1.77. The molecule has 23 heavy (non-hydrogen) atoms. The molecule has 0 aliphatic carbocycles. The summed E-state index contributed by atoms with van der Waals surface area (Å²) >= 11 is 0. The number of benzene rings is 2. The van der Waals surface area contributed by atoms with Gasteiger partial charge in [0, 0.05) is 7.05 Å². The number of nitrogens with zero attached hydrogens (tertiary/aromatic N) is 1. The standard InChI is InChI=1S/C18H19F2NO2/c1-12(14-7-8-16(19)17(20)11-14)21(2)18(22)10-13-5-4-6-15(9-13)23-3/h4-9,11-12H,10H2,1-3H3. The molecule has 0 bridgehead atoms. The SMILES string of the molecule is COc1cccc(CC(=O)N(C)C(C)c2ccc(F)c(F)c2)c1. The summed E-state index contributed by atoms with van der Waals surface area (Å²) < 4.78 is 31.5. The molecule has 0 aliphatic rings. The van der Waals surface area contributed by atoms with Crippen LogP contribution in [0.15, 0.2) is 42.5 Å². The number of rotatable bonds is 5. The molecule has 0 radical (unpaired) electrons. The van der Waals surface area contributed by atoms with Gasteiger partial charge in [0.2, 0.25) is 5.91 Å². The Labute approximate surface area is 134 Å². The molecule has 2 rings (SSSR count). The van der Waals surface area contributed by atoms with Crippen molar-refractivity contribution in [3.8, 4) is 5.75 Å². The van der Waals surface area contributed by atoms with Crippen LogP contribution < -0.4 is 4.74 Å². The Morgan fingerprint density at radius 2 is 1.91 bits per heavy atom. The Hall–Kier alpha value is -2.43. The first-order chi connectivity index (χ1) is 10.9. The monoisotopic (exact) mass is 319 g/mol. The zero-order valence-electron chi connectivity index (χ0n) is 13.3. The van der Waals surface area contributed by atoms with Crippen LogP contribution >= 0.6 is 0 Å². The highest BCUT2D eigenvalue weighted by Crippen LogP contribution is 2.22. The molecule has 0 saturated carbocycles. The number of methoxy groups -OCH3 is 1. The van der Waals surface area contributed by atoms with E-state index >= 15 is 0 Å². The highest BCUT2D eigenvalue weighted by atomic mass is 19.2. The van der Waals surface area contributed by atoms with Crippen LogP contribution in [0.4, 0.5) is 8.78 Å². The van der Waals surface area contributed by atoms with Crippen LogP contribution in [-0.4, -0.2) is 25.0 Å². The lowest BCUT2D eigenvalue weighted by molar-refractivity contribution is -0.131. The van der Waals surface area contributed by atoms with Crippen LogP contribution in [0.2, 0.25) is 0 Å². The number of halogens is 2. The van der Waals surface area contributed by atoms with Crippen molar-refractivity contribution in [3.63, 3.8) is 0 Å². The van der Waals surface area contributed by atoms with Gasteiger partial charge >= 0.3 is 0 Å². The summed E-state index contributed by atoms with van der Waals surface area (Å²) in [5, 5.41) is 0. The average molecular weight is 319 g/mol. The topological polar surface area (TPSA) is 29.5 Å². The minimum absolute atomic E-state index is 0.115. The molecule has 0 aromatic heterocycles. The van der Waals surface area contributed by atoms with Crippen LogP contribution in [0.25, 0.3) is 0 Å². The number of ether oxygens (including phenoxy) is 1. The van der Waals surface area contributed by atoms with Crippen LogP contribution in [0, 0.1) is 11.6 Å². The molecule has 0 spiro atoms. The molecule has 2 aromatic carbocycles. The van der Waals surface area contributed by atoms with Crippen molar-refractivity contribution >= 4 is 5.91 Å². The molecule has 0 fully saturated rings. The summed E-state index contributed by atoms with van der Waals surface area (Å²) in [5.41, 5.74) is 1.38. The van der Waals surface area contributed by atoms with Crippen molar-refractivity contribution in [3.05, 3.63) is 65.2 Å². The molecule has 0 N–H and O–H groups in total. The third-order valence-corrected chi connectivity index (χ3v) is 3.89. The molecule has 1 unspecified atom stereocenters. The van der Waals surface area contributed by atoms with Crippen LogP contribution in [0.1, 0.15) is 24.1 Å². The lowest BCUT2D eigenvalue weighted by Gasteiger charge is -2.25. The van der Waals surface area contributed by atoms with E-state index in [0.29, 0.717) is 11.3 Å². The first-order valence-corrected chi connectivity index (χ1v) is 7.26. The second kappa shape index (κ2) is 7.22. The number of likely N-dealkylation sites (N-methyl/N-ethyl adjacent to an activating group) is 1. The zero-order valence-corrected chi connectivity index (χ0v) is 13.3. The lowest BCUT2D eigenvalue weighted by atomic mass is 10.1. The number of carbonyl (C=O) groups is 1. The van der Waals surface area contributed by atoms with Gasteiger partial charge in [-0.05, 0) is 42.3 Å². The third kappa shape index (κ3) is 4.06. The fourth-order valence-corrected chi connectivity index (χ4v) is 2.29. The van der Waals surface area contributed by atoms with Gasteiger partial charge in [-0.25, -0.2) is 8.78 Å². The van der Waals surface area contributed by atoms with Crippen molar-refractivity contribution in [2.24, 2.45) is 0 Å². The van der Waals surface area contributed by atoms with E-state index in [1.54, 1.807) is 27.1 Å². The average Bonchev–Trinajstić information content (AvgIpc) is 2.56. The van der Waals surface area contributed by atoms with E-state index in [9.17, 15) is 13.6 Å². The van der Waals surface area contributed by atoms with Gasteiger partial charge in [0.1, 0.15) is 5.75 Å². The van der Waals surface area contributed by atoms with Gasteiger partial charge in [-0.2, -0.15) is 0 Å². The molecule has 0 aliphatic heterocycles. The highest BCUT2D eigenvalue weighted by molar-refractivity contribution is 5.79. The molecule has 0 saturated heterocycles. The lowest BCUT2D eigenvalue weighted by Crippen LogP contribution is -2.31. The normalized spacial score (nSPS) is 11.9. The Bertz CT molecular complexity index is 703. The highest BCUT2D eigenvalue weighted by Gasteiger charge is 2.19. The van der Waals surface area contributed by atoms with Crippen molar-refractivity contribution in [2.45, 2.75) is 19.4 Å². The summed E-state index contributed by atoms with van der Waals surface area (Å²) in [5.74, 6) is -1.24. The fraction of sp³-hybridized carbons (Fsp3) is 0.278. The molecule has 5 heteroatoms.